The highest BCUT2D eigenvalue weighted by atomic mass is 32.1. The van der Waals surface area contributed by atoms with E-state index in [0.29, 0.717) is 6.54 Å². The van der Waals surface area contributed by atoms with Crippen molar-refractivity contribution in [3.8, 4) is 0 Å². The standard InChI is InChI=1S/C28H36N4O2S/c1-3-18(2)26(33)31-24(19-10-5-4-6-11-19)28(34)32-15-9-14-23(32)27-30-22(17-35-27)25-21-13-8-7-12-20(21)16-29-25/h7-8,12-13,17-19,23-24H,3-6,9-11,14-16H2,1-2H3,(H,31,33)/t18-,23+,24+/m1/s1. The van der Waals surface area contributed by atoms with Crippen LogP contribution in [0.4, 0.5) is 0 Å². The monoisotopic (exact) mass is 492 g/mol. The Bertz CT molecular complexity index is 1100. The van der Waals surface area contributed by atoms with Crippen LogP contribution in [0.3, 0.4) is 0 Å². The number of likely N-dealkylation sites (tertiary alicyclic amines) is 1. The van der Waals surface area contributed by atoms with E-state index in [0.717, 1.165) is 73.5 Å². The van der Waals surface area contributed by atoms with Crippen LogP contribution in [0.15, 0.2) is 34.6 Å². The molecular formula is C28H36N4O2S. The molecule has 1 saturated heterocycles. The zero-order valence-corrected chi connectivity index (χ0v) is 21.7. The van der Waals surface area contributed by atoms with Gasteiger partial charge in [-0.05, 0) is 43.6 Å². The summed E-state index contributed by atoms with van der Waals surface area (Å²) in [5.41, 5.74) is 4.26. The summed E-state index contributed by atoms with van der Waals surface area (Å²) >= 11 is 1.63. The Morgan fingerprint density at radius 1 is 1.14 bits per heavy atom. The number of carbonyl (C=O) groups is 2. The number of aromatic nitrogens is 1. The fourth-order valence-corrected chi connectivity index (χ4v) is 6.65. The minimum Gasteiger partial charge on any atom is -0.344 e. The zero-order chi connectivity index (χ0) is 24.4. The molecule has 5 rings (SSSR count). The van der Waals surface area contributed by atoms with E-state index in [2.05, 4.69) is 28.9 Å². The highest BCUT2D eigenvalue weighted by Gasteiger charge is 2.40. The van der Waals surface area contributed by atoms with E-state index < -0.39 is 6.04 Å². The van der Waals surface area contributed by atoms with Gasteiger partial charge in [0.05, 0.1) is 18.3 Å². The van der Waals surface area contributed by atoms with E-state index in [9.17, 15) is 9.59 Å². The van der Waals surface area contributed by atoms with Crippen LogP contribution in [0.2, 0.25) is 0 Å². The number of aliphatic imine (C=N–C) groups is 1. The predicted molar refractivity (Wildman–Crippen MR) is 140 cm³/mol. The molecule has 0 bridgehead atoms. The van der Waals surface area contributed by atoms with Gasteiger partial charge in [-0.25, -0.2) is 4.98 Å². The fourth-order valence-electron chi connectivity index (χ4n) is 5.70. The first kappa shape index (κ1) is 24.2. The van der Waals surface area contributed by atoms with Gasteiger partial charge in [0.15, 0.2) is 0 Å². The highest BCUT2D eigenvalue weighted by Crippen LogP contribution is 2.37. The van der Waals surface area contributed by atoms with E-state index in [1.807, 2.05) is 24.8 Å². The average Bonchev–Trinajstić information content (AvgIpc) is 3.65. The number of carbonyl (C=O) groups excluding carboxylic acids is 2. The molecule has 7 heteroatoms. The van der Waals surface area contributed by atoms with Crippen molar-refractivity contribution in [1.82, 2.24) is 15.2 Å². The van der Waals surface area contributed by atoms with Gasteiger partial charge in [-0.15, -0.1) is 11.3 Å². The van der Waals surface area contributed by atoms with Crippen LogP contribution in [0.25, 0.3) is 0 Å². The van der Waals surface area contributed by atoms with Crippen molar-refractivity contribution >= 4 is 28.9 Å². The van der Waals surface area contributed by atoms with Crippen molar-refractivity contribution in [2.45, 2.75) is 83.8 Å². The van der Waals surface area contributed by atoms with Crippen molar-refractivity contribution in [1.29, 1.82) is 0 Å². The Balaban J connectivity index is 1.36. The average molecular weight is 493 g/mol. The molecule has 0 unspecified atom stereocenters. The van der Waals surface area contributed by atoms with Gasteiger partial charge < -0.3 is 10.2 Å². The summed E-state index contributed by atoms with van der Waals surface area (Å²) in [6.45, 7) is 5.39. The van der Waals surface area contributed by atoms with Gasteiger partial charge in [0.25, 0.3) is 0 Å². The Labute approximate surface area is 212 Å². The Hall–Kier alpha value is -2.54. The van der Waals surface area contributed by atoms with Crippen molar-refractivity contribution in [2.24, 2.45) is 16.8 Å². The number of hydrogen-bond donors (Lipinski definition) is 1. The number of thiazole rings is 1. The van der Waals surface area contributed by atoms with Crippen LogP contribution in [0, 0.1) is 11.8 Å². The molecule has 1 aromatic heterocycles. The molecule has 1 aliphatic carbocycles. The first-order valence-corrected chi connectivity index (χ1v) is 14.1. The van der Waals surface area contributed by atoms with Gasteiger partial charge in [-0.3, -0.25) is 14.6 Å². The lowest BCUT2D eigenvalue weighted by Gasteiger charge is -2.35. The van der Waals surface area contributed by atoms with E-state index in [4.69, 9.17) is 9.98 Å². The van der Waals surface area contributed by atoms with Crippen LogP contribution >= 0.6 is 11.3 Å². The molecule has 2 aliphatic heterocycles. The lowest BCUT2D eigenvalue weighted by atomic mass is 9.83. The number of amides is 2. The second kappa shape index (κ2) is 10.6. The maximum atomic E-state index is 14.0. The number of nitrogens with one attached hydrogen (secondary N) is 1. The molecule has 186 valence electrons. The molecule has 35 heavy (non-hydrogen) atoms. The number of hydrogen-bond acceptors (Lipinski definition) is 5. The van der Waals surface area contributed by atoms with Crippen molar-refractivity contribution < 1.29 is 9.59 Å². The topological polar surface area (TPSA) is 74.7 Å². The van der Waals surface area contributed by atoms with Gasteiger partial charge in [0.2, 0.25) is 11.8 Å². The van der Waals surface area contributed by atoms with Crippen molar-refractivity contribution in [2.75, 3.05) is 6.54 Å². The number of fused-ring (bicyclic) bond motifs is 1. The molecule has 3 atom stereocenters. The summed E-state index contributed by atoms with van der Waals surface area (Å²) in [6.07, 6.45) is 8.17. The van der Waals surface area contributed by atoms with Crippen LogP contribution in [0.5, 0.6) is 0 Å². The quantitative estimate of drug-likeness (QED) is 0.572. The van der Waals surface area contributed by atoms with E-state index >= 15 is 0 Å². The SMILES string of the molecule is CC[C@@H](C)C(=O)N[C@H](C(=O)N1CCC[C@H]1c1nc(C2=NCc3ccccc32)cs1)C1CCCCC1. The van der Waals surface area contributed by atoms with Crippen molar-refractivity contribution in [3.05, 3.63) is 51.5 Å². The molecule has 6 nitrogen and oxygen atoms in total. The summed E-state index contributed by atoms with van der Waals surface area (Å²) in [5.74, 6) is 0.222. The fraction of sp³-hybridized carbons (Fsp3) is 0.571. The summed E-state index contributed by atoms with van der Waals surface area (Å²) < 4.78 is 0. The van der Waals surface area contributed by atoms with Gasteiger partial charge in [0.1, 0.15) is 16.7 Å². The van der Waals surface area contributed by atoms with Crippen LogP contribution in [0.1, 0.15) is 93.1 Å². The second-order valence-corrected chi connectivity index (χ2v) is 11.2. The molecule has 1 N–H and O–H groups in total. The van der Waals surface area contributed by atoms with Crippen LogP contribution < -0.4 is 5.32 Å². The second-order valence-electron chi connectivity index (χ2n) is 10.3. The molecular weight excluding hydrogens is 456 g/mol. The molecule has 2 aromatic rings. The predicted octanol–water partition coefficient (Wildman–Crippen LogP) is 5.27. The third-order valence-corrected chi connectivity index (χ3v) is 8.96. The smallest absolute Gasteiger partial charge is 0.246 e. The lowest BCUT2D eigenvalue weighted by Crippen LogP contribution is -2.53. The molecule has 1 aromatic carbocycles. The third-order valence-electron chi connectivity index (χ3n) is 8.01. The lowest BCUT2D eigenvalue weighted by molar-refractivity contribution is -0.140. The van der Waals surface area contributed by atoms with Gasteiger partial charge >= 0.3 is 0 Å². The Kier molecular flexibility index (Phi) is 7.32. The van der Waals surface area contributed by atoms with E-state index in [1.165, 1.54) is 12.0 Å². The number of nitrogens with zero attached hydrogens (tertiary/aromatic N) is 3. The summed E-state index contributed by atoms with van der Waals surface area (Å²) in [4.78, 5) is 38.5. The first-order valence-electron chi connectivity index (χ1n) is 13.3. The largest absolute Gasteiger partial charge is 0.344 e. The van der Waals surface area contributed by atoms with E-state index in [-0.39, 0.29) is 29.7 Å². The van der Waals surface area contributed by atoms with Crippen molar-refractivity contribution in [3.63, 3.8) is 0 Å². The molecule has 3 aliphatic rings. The van der Waals surface area contributed by atoms with Crippen LogP contribution in [-0.4, -0.2) is 40.0 Å². The van der Waals surface area contributed by atoms with Crippen LogP contribution in [-0.2, 0) is 16.1 Å². The molecule has 0 radical (unpaired) electrons. The third kappa shape index (κ3) is 4.92. The van der Waals surface area contributed by atoms with Gasteiger partial charge in [0, 0.05) is 23.4 Å². The highest BCUT2D eigenvalue weighted by molar-refractivity contribution is 7.10. The summed E-state index contributed by atoms with van der Waals surface area (Å²) in [6, 6.07) is 7.88. The Morgan fingerprint density at radius 2 is 1.94 bits per heavy atom. The van der Waals surface area contributed by atoms with E-state index in [1.54, 1.807) is 11.3 Å². The molecule has 1 saturated carbocycles. The molecule has 2 fully saturated rings. The summed E-state index contributed by atoms with van der Waals surface area (Å²) in [5, 5.41) is 6.24. The molecule has 2 amide bonds. The zero-order valence-electron chi connectivity index (χ0n) is 20.8. The molecule has 3 heterocycles. The minimum atomic E-state index is -0.428. The number of benzene rings is 1. The Morgan fingerprint density at radius 3 is 2.74 bits per heavy atom. The first-order chi connectivity index (χ1) is 17.1. The maximum absolute atomic E-state index is 14.0. The molecule has 0 spiro atoms. The summed E-state index contributed by atoms with van der Waals surface area (Å²) in [7, 11) is 0. The maximum Gasteiger partial charge on any atom is 0.246 e. The number of rotatable bonds is 7. The van der Waals surface area contributed by atoms with Gasteiger partial charge in [-0.2, -0.15) is 0 Å². The normalized spacial score (nSPS) is 21.9. The van der Waals surface area contributed by atoms with Gasteiger partial charge in [-0.1, -0.05) is 57.4 Å². The minimum absolute atomic E-state index is 0.00150.